The third kappa shape index (κ3) is 4.07. The fourth-order valence-electron chi connectivity index (χ4n) is 2.12. The Kier molecular flexibility index (Phi) is 6.56. The van der Waals surface area contributed by atoms with Gasteiger partial charge in [0.2, 0.25) is 5.78 Å². The molecule has 1 rings (SSSR count). The van der Waals surface area contributed by atoms with Gasteiger partial charge in [0, 0.05) is 12.5 Å². The maximum absolute atomic E-state index is 12.6. The first kappa shape index (κ1) is 18.2. The molecule has 0 spiro atoms. The number of allylic oxidation sites excluding steroid dienone is 3. The Bertz CT molecular complexity index is 519. The zero-order chi connectivity index (χ0) is 16.8. The topological polar surface area (TPSA) is 64.6 Å². The Balaban J connectivity index is 3.07. The number of rotatable bonds is 7. The molecule has 0 aromatic heterocycles. The van der Waals surface area contributed by atoms with Crippen LogP contribution in [0, 0.1) is 0 Å². The summed E-state index contributed by atoms with van der Waals surface area (Å²) in [7, 11) is 3.08. The van der Waals surface area contributed by atoms with E-state index < -0.39 is 11.6 Å². The van der Waals surface area contributed by atoms with Crippen molar-refractivity contribution >= 4 is 11.8 Å². The number of ether oxygens (including phenoxy) is 2. The van der Waals surface area contributed by atoms with Crippen LogP contribution >= 0.6 is 0 Å². The number of Topliss-reactive ketones (excluding diaryl/α,β-unsaturated/α-hetero) is 1. The van der Waals surface area contributed by atoms with E-state index in [1.165, 1.54) is 7.11 Å². The van der Waals surface area contributed by atoms with E-state index in [2.05, 4.69) is 5.32 Å². The first-order valence-electron chi connectivity index (χ1n) is 7.46. The molecular weight excluding hydrogens is 282 g/mol. The van der Waals surface area contributed by atoms with E-state index in [9.17, 15) is 9.59 Å². The van der Waals surface area contributed by atoms with E-state index in [0.717, 1.165) is 6.42 Å². The molecule has 5 nitrogen and oxygen atoms in total. The molecule has 0 saturated heterocycles. The fourth-order valence-corrected chi connectivity index (χ4v) is 2.12. The summed E-state index contributed by atoms with van der Waals surface area (Å²) in [5, 5.41) is 3.06. The van der Waals surface area contributed by atoms with E-state index in [4.69, 9.17) is 9.47 Å². The Labute approximate surface area is 132 Å². The quantitative estimate of drug-likeness (QED) is 0.444. The summed E-state index contributed by atoms with van der Waals surface area (Å²) in [5.74, 6) is -0.631. The van der Waals surface area contributed by atoms with E-state index in [1.807, 2.05) is 33.0 Å². The third-order valence-electron chi connectivity index (χ3n) is 3.56. The van der Waals surface area contributed by atoms with E-state index >= 15 is 0 Å². The number of hydrogen-bond acceptors (Lipinski definition) is 5. The normalized spacial score (nSPS) is 23.4. The molecule has 2 atom stereocenters. The molecule has 0 bridgehead atoms. The van der Waals surface area contributed by atoms with Crippen molar-refractivity contribution in [2.75, 3.05) is 14.2 Å². The number of esters is 1. The maximum Gasteiger partial charge on any atom is 0.345 e. The summed E-state index contributed by atoms with van der Waals surface area (Å²) in [6.45, 7) is 5.63. The minimum atomic E-state index is -1.16. The molecule has 0 amide bonds. The van der Waals surface area contributed by atoms with Gasteiger partial charge >= 0.3 is 5.97 Å². The molecule has 0 aromatic carbocycles. The first-order valence-corrected chi connectivity index (χ1v) is 7.46. The largest absolute Gasteiger partial charge is 0.478 e. The molecule has 0 aromatic rings. The summed E-state index contributed by atoms with van der Waals surface area (Å²) in [6, 6.07) is 0.0776. The fraction of sp³-hybridized carbons (Fsp3) is 0.529. The summed E-state index contributed by atoms with van der Waals surface area (Å²) >= 11 is 0. The number of ketones is 1. The smallest absolute Gasteiger partial charge is 0.345 e. The van der Waals surface area contributed by atoms with Crippen molar-refractivity contribution in [3.8, 4) is 0 Å². The van der Waals surface area contributed by atoms with Crippen molar-refractivity contribution < 1.29 is 19.1 Å². The van der Waals surface area contributed by atoms with Crippen LogP contribution in [0.5, 0.6) is 0 Å². The highest BCUT2D eigenvalue weighted by Crippen LogP contribution is 2.34. The molecule has 0 fully saturated rings. The van der Waals surface area contributed by atoms with Crippen molar-refractivity contribution in [1.29, 1.82) is 0 Å². The third-order valence-corrected chi connectivity index (χ3v) is 3.56. The second-order valence-corrected chi connectivity index (χ2v) is 5.42. The highest BCUT2D eigenvalue weighted by Gasteiger charge is 2.47. The molecule has 1 N–H and O–H groups in total. The highest BCUT2D eigenvalue weighted by atomic mass is 16.5. The molecule has 1 aliphatic heterocycles. The van der Waals surface area contributed by atoms with E-state index in [0.29, 0.717) is 12.2 Å². The molecular formula is C17H25NO4. The van der Waals surface area contributed by atoms with Gasteiger partial charge in [-0.25, -0.2) is 4.79 Å². The van der Waals surface area contributed by atoms with Crippen molar-refractivity contribution in [3.63, 3.8) is 0 Å². The number of carbonyl (C=O) groups is 2. The zero-order valence-corrected chi connectivity index (χ0v) is 13.9. The van der Waals surface area contributed by atoms with E-state index in [-0.39, 0.29) is 17.4 Å². The monoisotopic (exact) mass is 307 g/mol. The lowest BCUT2D eigenvalue weighted by molar-refractivity contribution is -0.138. The van der Waals surface area contributed by atoms with Gasteiger partial charge in [0.25, 0.3) is 0 Å². The summed E-state index contributed by atoms with van der Waals surface area (Å²) < 4.78 is 10.5. The van der Waals surface area contributed by atoms with Crippen molar-refractivity contribution in [3.05, 3.63) is 35.6 Å². The Hall–Kier alpha value is -1.88. The first-order chi connectivity index (χ1) is 10.4. The van der Waals surface area contributed by atoms with Gasteiger partial charge in [-0.05, 0) is 33.4 Å². The minimum absolute atomic E-state index is 0.0104. The number of hydrogen-bond donors (Lipinski definition) is 1. The van der Waals surface area contributed by atoms with Gasteiger partial charge in [-0.1, -0.05) is 25.2 Å². The summed E-state index contributed by atoms with van der Waals surface area (Å²) in [5.41, 5.74) is -1.15. The predicted octanol–water partition coefficient (Wildman–Crippen LogP) is 2.29. The van der Waals surface area contributed by atoms with Crippen LogP contribution < -0.4 is 5.32 Å². The second kappa shape index (κ2) is 7.94. The van der Waals surface area contributed by atoms with Gasteiger partial charge < -0.3 is 14.8 Å². The lowest BCUT2D eigenvalue weighted by Gasteiger charge is -2.20. The number of carbonyl (C=O) groups excluding carboxylic acids is 2. The molecule has 0 aliphatic carbocycles. The molecule has 122 valence electrons. The van der Waals surface area contributed by atoms with Gasteiger partial charge in [-0.15, -0.1) is 0 Å². The van der Waals surface area contributed by atoms with Crippen LogP contribution in [0.15, 0.2) is 35.6 Å². The van der Waals surface area contributed by atoms with Crippen LogP contribution in [0.2, 0.25) is 0 Å². The lowest BCUT2D eigenvalue weighted by atomic mass is 9.95. The summed E-state index contributed by atoms with van der Waals surface area (Å²) in [6.07, 6.45) is 8.61. The standard InChI is InChI=1S/C17H25NO4/c1-6-7-8-9-10-17(3)15(19)14(16(20)21-5)13(22-17)11-12(2)18-4/h7-10,12,18H,6,11H2,1-5H3/b8-7+,10-9+. The summed E-state index contributed by atoms with van der Waals surface area (Å²) in [4.78, 5) is 24.5. The average Bonchev–Trinajstić information content (AvgIpc) is 2.74. The molecule has 1 heterocycles. The predicted molar refractivity (Wildman–Crippen MR) is 85.2 cm³/mol. The molecule has 5 heteroatoms. The van der Waals surface area contributed by atoms with Gasteiger partial charge in [0.1, 0.15) is 11.3 Å². The van der Waals surface area contributed by atoms with Crippen LogP contribution in [-0.2, 0) is 19.1 Å². The molecule has 1 aliphatic rings. The highest BCUT2D eigenvalue weighted by molar-refractivity contribution is 6.22. The van der Waals surface area contributed by atoms with E-state index in [1.54, 1.807) is 19.1 Å². The van der Waals surface area contributed by atoms with Crippen LogP contribution in [0.1, 0.15) is 33.6 Å². The number of nitrogens with one attached hydrogen (secondary N) is 1. The van der Waals surface area contributed by atoms with Crippen LogP contribution in [0.25, 0.3) is 0 Å². The molecule has 2 unspecified atom stereocenters. The van der Waals surface area contributed by atoms with Gasteiger partial charge in [0.05, 0.1) is 7.11 Å². The van der Waals surface area contributed by atoms with Gasteiger partial charge in [0.15, 0.2) is 5.60 Å². The zero-order valence-electron chi connectivity index (χ0n) is 13.9. The second-order valence-electron chi connectivity index (χ2n) is 5.42. The minimum Gasteiger partial charge on any atom is -0.478 e. The van der Waals surface area contributed by atoms with Crippen LogP contribution in [-0.4, -0.2) is 37.6 Å². The van der Waals surface area contributed by atoms with Crippen LogP contribution in [0.4, 0.5) is 0 Å². The lowest BCUT2D eigenvalue weighted by Crippen LogP contribution is -2.33. The Morgan fingerprint density at radius 3 is 2.68 bits per heavy atom. The van der Waals surface area contributed by atoms with Gasteiger partial charge in [-0.2, -0.15) is 0 Å². The van der Waals surface area contributed by atoms with Crippen LogP contribution in [0.3, 0.4) is 0 Å². The van der Waals surface area contributed by atoms with Crippen molar-refractivity contribution in [2.24, 2.45) is 0 Å². The Morgan fingerprint density at radius 1 is 1.45 bits per heavy atom. The Morgan fingerprint density at radius 2 is 2.14 bits per heavy atom. The SMILES string of the molecule is CC/C=C/C=C/C1(C)OC(CC(C)NC)=C(C(=O)OC)C1=O. The molecule has 22 heavy (non-hydrogen) atoms. The maximum atomic E-state index is 12.6. The van der Waals surface area contributed by atoms with Crippen molar-refractivity contribution in [1.82, 2.24) is 5.32 Å². The van der Waals surface area contributed by atoms with Gasteiger partial charge in [-0.3, -0.25) is 4.79 Å². The molecule has 0 saturated carbocycles. The molecule has 0 radical (unpaired) electrons. The average molecular weight is 307 g/mol. The number of methoxy groups -OCH3 is 1. The van der Waals surface area contributed by atoms with Crippen molar-refractivity contribution in [2.45, 2.75) is 45.3 Å².